The minimum absolute atomic E-state index is 0.00591. The lowest BCUT2D eigenvalue weighted by Crippen LogP contribution is -2.33. The number of carbonyl (C=O) groups is 1. The highest BCUT2D eigenvalue weighted by Crippen LogP contribution is 2.31. The van der Waals surface area contributed by atoms with Gasteiger partial charge in [0.25, 0.3) is 10.0 Å². The van der Waals surface area contributed by atoms with Gasteiger partial charge in [-0.1, -0.05) is 0 Å². The third kappa shape index (κ3) is 3.78. The van der Waals surface area contributed by atoms with Gasteiger partial charge in [0.05, 0.1) is 12.0 Å². The van der Waals surface area contributed by atoms with E-state index in [9.17, 15) is 13.2 Å². The number of anilines is 2. The Bertz CT molecular complexity index is 999. The van der Waals surface area contributed by atoms with Crippen LogP contribution in [0.5, 0.6) is 5.75 Å². The smallest absolute Gasteiger partial charge is 0.262 e. The first-order valence-corrected chi connectivity index (χ1v) is 10.3. The molecular weight excluding hydrogens is 364 g/mol. The fourth-order valence-electron chi connectivity index (χ4n) is 3.47. The average Bonchev–Trinajstić information content (AvgIpc) is 2.61. The van der Waals surface area contributed by atoms with Crippen LogP contribution >= 0.6 is 0 Å². The van der Waals surface area contributed by atoms with Gasteiger partial charge in [0.1, 0.15) is 5.75 Å². The number of nitrogens with zero attached hydrogens (tertiary/aromatic N) is 1. The summed E-state index contributed by atoms with van der Waals surface area (Å²) in [5.74, 6) is 0.651. The van der Waals surface area contributed by atoms with E-state index in [1.54, 1.807) is 50.1 Å². The van der Waals surface area contributed by atoms with Crippen molar-refractivity contribution in [2.75, 3.05) is 23.3 Å². The first-order chi connectivity index (χ1) is 12.7. The molecule has 144 valence electrons. The first kappa shape index (κ1) is 19.2. The highest BCUT2D eigenvalue weighted by atomic mass is 32.2. The number of rotatable bonds is 4. The molecule has 0 saturated carbocycles. The van der Waals surface area contributed by atoms with Gasteiger partial charge in [-0.05, 0) is 73.7 Å². The molecule has 0 aliphatic carbocycles. The van der Waals surface area contributed by atoms with E-state index in [1.165, 1.54) is 0 Å². The number of nitrogens with one attached hydrogen (secondary N) is 1. The Kier molecular flexibility index (Phi) is 5.15. The van der Waals surface area contributed by atoms with Crippen molar-refractivity contribution in [2.24, 2.45) is 0 Å². The molecule has 7 heteroatoms. The fraction of sp³-hybridized carbons (Fsp3) is 0.350. The van der Waals surface area contributed by atoms with Crippen LogP contribution in [-0.2, 0) is 21.2 Å². The van der Waals surface area contributed by atoms with Crippen molar-refractivity contribution in [1.82, 2.24) is 0 Å². The molecule has 0 aromatic heterocycles. The van der Waals surface area contributed by atoms with Crippen LogP contribution in [0, 0.1) is 13.8 Å². The van der Waals surface area contributed by atoms with Gasteiger partial charge in [0.15, 0.2) is 0 Å². The number of sulfonamides is 1. The van der Waals surface area contributed by atoms with Crippen LogP contribution in [0.25, 0.3) is 0 Å². The van der Waals surface area contributed by atoms with Crippen molar-refractivity contribution in [3.05, 3.63) is 47.0 Å². The number of methoxy groups -OCH3 is 1. The number of amides is 1. The van der Waals surface area contributed by atoms with E-state index in [1.807, 2.05) is 13.0 Å². The number of aryl methyl sites for hydroxylation is 3. The Labute approximate surface area is 160 Å². The fourth-order valence-corrected chi connectivity index (χ4v) is 4.83. The van der Waals surface area contributed by atoms with Crippen LogP contribution in [0.1, 0.15) is 30.0 Å². The molecule has 1 amide bonds. The van der Waals surface area contributed by atoms with Crippen molar-refractivity contribution < 1.29 is 17.9 Å². The van der Waals surface area contributed by atoms with Crippen molar-refractivity contribution in [3.63, 3.8) is 0 Å². The molecule has 27 heavy (non-hydrogen) atoms. The SMILES string of the molecule is COc1cc(C)c(S(=O)(=O)Nc2ccc3c(c2)CCCN3C(C)=O)cc1C. The molecule has 0 spiro atoms. The van der Waals surface area contributed by atoms with E-state index in [2.05, 4.69) is 4.72 Å². The second-order valence-corrected chi connectivity index (χ2v) is 8.46. The minimum atomic E-state index is -3.73. The zero-order valence-corrected chi connectivity index (χ0v) is 16.8. The van der Waals surface area contributed by atoms with Gasteiger partial charge >= 0.3 is 0 Å². The molecule has 1 N–H and O–H groups in total. The van der Waals surface area contributed by atoms with Gasteiger partial charge < -0.3 is 9.64 Å². The number of benzene rings is 2. The minimum Gasteiger partial charge on any atom is -0.496 e. The topological polar surface area (TPSA) is 75.7 Å². The molecular formula is C20H24N2O4S. The highest BCUT2D eigenvalue weighted by Gasteiger charge is 2.22. The zero-order valence-electron chi connectivity index (χ0n) is 16.0. The van der Waals surface area contributed by atoms with E-state index in [0.717, 1.165) is 29.7 Å². The summed E-state index contributed by atoms with van der Waals surface area (Å²) in [5.41, 5.74) is 3.69. The first-order valence-electron chi connectivity index (χ1n) is 8.82. The quantitative estimate of drug-likeness (QED) is 0.871. The van der Waals surface area contributed by atoms with Gasteiger partial charge in [-0.25, -0.2) is 8.42 Å². The molecule has 0 bridgehead atoms. The molecule has 2 aromatic rings. The van der Waals surface area contributed by atoms with Crippen LogP contribution in [0.15, 0.2) is 35.2 Å². The van der Waals surface area contributed by atoms with Crippen LogP contribution in [-0.4, -0.2) is 28.0 Å². The Morgan fingerprint density at radius 3 is 2.56 bits per heavy atom. The van der Waals surface area contributed by atoms with Crippen LogP contribution in [0.3, 0.4) is 0 Å². The molecule has 0 saturated heterocycles. The van der Waals surface area contributed by atoms with Crippen LogP contribution < -0.4 is 14.4 Å². The Balaban J connectivity index is 1.93. The van der Waals surface area contributed by atoms with E-state index >= 15 is 0 Å². The zero-order chi connectivity index (χ0) is 19.8. The van der Waals surface area contributed by atoms with E-state index in [0.29, 0.717) is 23.5 Å². The number of fused-ring (bicyclic) bond motifs is 1. The van der Waals surface area contributed by atoms with Crippen molar-refractivity contribution in [2.45, 2.75) is 38.5 Å². The molecule has 0 unspecified atom stereocenters. The second kappa shape index (κ2) is 7.23. The van der Waals surface area contributed by atoms with Gasteiger partial charge in [-0.2, -0.15) is 0 Å². The summed E-state index contributed by atoms with van der Waals surface area (Å²) in [5, 5.41) is 0. The van der Waals surface area contributed by atoms with Crippen molar-refractivity contribution in [1.29, 1.82) is 0 Å². The Hall–Kier alpha value is -2.54. The summed E-state index contributed by atoms with van der Waals surface area (Å²) in [7, 11) is -2.17. The monoisotopic (exact) mass is 388 g/mol. The van der Waals surface area contributed by atoms with Gasteiger partial charge in [-0.3, -0.25) is 9.52 Å². The summed E-state index contributed by atoms with van der Waals surface area (Å²) >= 11 is 0. The molecule has 0 radical (unpaired) electrons. The molecule has 2 aromatic carbocycles. The lowest BCUT2D eigenvalue weighted by Gasteiger charge is -2.29. The van der Waals surface area contributed by atoms with Crippen LogP contribution in [0.2, 0.25) is 0 Å². The maximum Gasteiger partial charge on any atom is 0.262 e. The third-order valence-electron chi connectivity index (χ3n) is 4.81. The van der Waals surface area contributed by atoms with Crippen LogP contribution in [0.4, 0.5) is 11.4 Å². The predicted molar refractivity (Wildman–Crippen MR) is 106 cm³/mol. The van der Waals surface area contributed by atoms with E-state index in [-0.39, 0.29) is 10.8 Å². The van der Waals surface area contributed by atoms with Crippen molar-refractivity contribution in [3.8, 4) is 5.75 Å². The average molecular weight is 388 g/mol. The van der Waals surface area contributed by atoms with E-state index in [4.69, 9.17) is 4.74 Å². The summed E-state index contributed by atoms with van der Waals surface area (Å²) in [6, 6.07) is 8.66. The number of hydrogen-bond donors (Lipinski definition) is 1. The standard InChI is InChI=1S/C20H24N2O4S/c1-13-11-20(14(2)10-19(13)26-4)27(24,25)21-17-7-8-18-16(12-17)6-5-9-22(18)15(3)23/h7-8,10-12,21H,5-6,9H2,1-4H3. The maximum absolute atomic E-state index is 12.9. The number of hydrogen-bond acceptors (Lipinski definition) is 4. The Morgan fingerprint density at radius 2 is 1.89 bits per heavy atom. The van der Waals surface area contributed by atoms with Gasteiger partial charge in [0.2, 0.25) is 5.91 Å². The summed E-state index contributed by atoms with van der Waals surface area (Å²) in [4.78, 5) is 13.7. The van der Waals surface area contributed by atoms with Crippen molar-refractivity contribution >= 4 is 27.3 Å². The molecule has 1 aliphatic heterocycles. The predicted octanol–water partition coefficient (Wildman–Crippen LogP) is 3.41. The number of ether oxygens (including phenoxy) is 1. The molecule has 0 fully saturated rings. The lowest BCUT2D eigenvalue weighted by atomic mass is 10.0. The maximum atomic E-state index is 12.9. The summed E-state index contributed by atoms with van der Waals surface area (Å²) in [6.07, 6.45) is 1.68. The molecule has 3 rings (SSSR count). The lowest BCUT2D eigenvalue weighted by molar-refractivity contribution is -0.116. The Morgan fingerprint density at radius 1 is 1.15 bits per heavy atom. The second-order valence-electron chi connectivity index (χ2n) is 6.81. The molecule has 1 heterocycles. The molecule has 6 nitrogen and oxygen atoms in total. The summed E-state index contributed by atoms with van der Waals surface area (Å²) < 4.78 is 33.7. The van der Waals surface area contributed by atoms with E-state index < -0.39 is 10.0 Å². The molecule has 1 aliphatic rings. The number of carbonyl (C=O) groups excluding carboxylic acids is 1. The molecule has 0 atom stereocenters. The largest absolute Gasteiger partial charge is 0.496 e. The summed E-state index contributed by atoms with van der Waals surface area (Å²) in [6.45, 7) is 5.79. The highest BCUT2D eigenvalue weighted by molar-refractivity contribution is 7.92. The van der Waals surface area contributed by atoms with Gasteiger partial charge in [-0.15, -0.1) is 0 Å². The third-order valence-corrected chi connectivity index (χ3v) is 6.34. The van der Waals surface area contributed by atoms with Gasteiger partial charge in [0, 0.05) is 24.8 Å². The normalized spacial score (nSPS) is 13.9.